The molecule has 2 bridgehead atoms. The maximum atomic E-state index is 12.9. The summed E-state index contributed by atoms with van der Waals surface area (Å²) in [6, 6.07) is 1.73. The lowest BCUT2D eigenvalue weighted by Crippen LogP contribution is -2.49. The van der Waals surface area contributed by atoms with Crippen molar-refractivity contribution in [1.82, 2.24) is 0 Å². The Balaban J connectivity index is 1.85. The first-order valence-corrected chi connectivity index (χ1v) is 9.52. The van der Waals surface area contributed by atoms with E-state index in [-0.39, 0.29) is 17.7 Å². The topological polar surface area (TPSA) is 92.7 Å². The second kappa shape index (κ2) is 7.15. The van der Waals surface area contributed by atoms with Gasteiger partial charge in [0.1, 0.15) is 5.00 Å². The van der Waals surface area contributed by atoms with E-state index in [1.54, 1.807) is 6.07 Å². The van der Waals surface area contributed by atoms with Crippen LogP contribution in [0.15, 0.2) is 6.07 Å². The summed E-state index contributed by atoms with van der Waals surface area (Å²) >= 11 is 1.34. The van der Waals surface area contributed by atoms with Gasteiger partial charge in [-0.1, -0.05) is 6.92 Å². The molecular formula is C18H23NO5S. The van der Waals surface area contributed by atoms with Crippen LogP contribution in [-0.2, 0) is 20.7 Å². The Bertz CT molecular complexity index is 690. The van der Waals surface area contributed by atoms with Crippen LogP contribution in [0.1, 0.15) is 47.8 Å². The summed E-state index contributed by atoms with van der Waals surface area (Å²) in [6.45, 7) is 1.97. The average molecular weight is 365 g/mol. The fraction of sp³-hybridized carbons (Fsp3) is 0.611. The van der Waals surface area contributed by atoms with Crippen molar-refractivity contribution in [1.29, 1.82) is 0 Å². The average Bonchev–Trinajstić information content (AvgIpc) is 3.03. The van der Waals surface area contributed by atoms with Crippen LogP contribution < -0.4 is 5.32 Å². The van der Waals surface area contributed by atoms with Crippen molar-refractivity contribution >= 4 is 34.2 Å². The quantitative estimate of drug-likeness (QED) is 0.782. The van der Waals surface area contributed by atoms with E-state index < -0.39 is 23.8 Å². The molecule has 4 rings (SSSR count). The first-order chi connectivity index (χ1) is 12.0. The number of nitrogens with one attached hydrogen (secondary N) is 1. The minimum atomic E-state index is -0.886. The third-order valence-corrected chi connectivity index (χ3v) is 6.78. The largest absolute Gasteiger partial charge is 0.481 e. The third kappa shape index (κ3) is 3.29. The zero-order valence-corrected chi connectivity index (χ0v) is 15.2. The first-order valence-electron chi connectivity index (χ1n) is 8.70. The van der Waals surface area contributed by atoms with Gasteiger partial charge in [-0.05, 0) is 50.0 Å². The molecule has 0 radical (unpaired) electrons. The molecule has 3 fully saturated rings. The number of hydrogen-bond donors (Lipinski definition) is 2. The Labute approximate surface area is 150 Å². The summed E-state index contributed by atoms with van der Waals surface area (Å²) in [5.74, 6) is -2.63. The standard InChI is InChI=1S/C18H23NO5S/c1-3-11-8-12(18(23)24-2)16(25-11)19-15(20)13-9-4-6-10(7-5-9)14(13)17(21)22/h8-10,13-14H,3-7H2,1-2H3,(H,19,20)(H,21,22)/t9?,10?,13-,14+/m0/s1. The molecule has 7 heteroatoms. The van der Waals surface area contributed by atoms with Gasteiger partial charge in [-0.15, -0.1) is 11.3 Å². The van der Waals surface area contributed by atoms with Crippen molar-refractivity contribution in [3.63, 3.8) is 0 Å². The molecule has 0 unspecified atom stereocenters. The number of aliphatic carboxylic acids is 1. The zero-order valence-electron chi connectivity index (χ0n) is 14.4. The van der Waals surface area contributed by atoms with E-state index in [0.29, 0.717) is 10.6 Å². The number of carbonyl (C=O) groups is 3. The smallest absolute Gasteiger partial charge is 0.340 e. The van der Waals surface area contributed by atoms with Gasteiger partial charge in [-0.3, -0.25) is 9.59 Å². The molecule has 0 spiro atoms. The van der Waals surface area contributed by atoms with E-state index in [0.717, 1.165) is 37.0 Å². The van der Waals surface area contributed by atoms with Gasteiger partial charge in [0.25, 0.3) is 0 Å². The predicted molar refractivity (Wildman–Crippen MR) is 93.7 cm³/mol. The Kier molecular flexibility index (Phi) is 5.13. The molecule has 3 aliphatic rings. The van der Waals surface area contributed by atoms with E-state index in [9.17, 15) is 19.5 Å². The van der Waals surface area contributed by atoms with Gasteiger partial charge in [-0.2, -0.15) is 0 Å². The Morgan fingerprint density at radius 1 is 1.20 bits per heavy atom. The maximum absolute atomic E-state index is 12.9. The number of methoxy groups -OCH3 is 1. The molecule has 136 valence electrons. The Morgan fingerprint density at radius 2 is 1.80 bits per heavy atom. The molecular weight excluding hydrogens is 342 g/mol. The number of ether oxygens (including phenoxy) is 1. The fourth-order valence-corrected chi connectivity index (χ4v) is 5.34. The van der Waals surface area contributed by atoms with E-state index in [2.05, 4.69) is 5.32 Å². The lowest BCUT2D eigenvalue weighted by molar-refractivity contribution is -0.156. The van der Waals surface area contributed by atoms with Gasteiger partial charge in [0.15, 0.2) is 0 Å². The molecule has 25 heavy (non-hydrogen) atoms. The van der Waals surface area contributed by atoms with Crippen molar-refractivity contribution in [3.05, 3.63) is 16.5 Å². The minimum Gasteiger partial charge on any atom is -0.481 e. The summed E-state index contributed by atoms with van der Waals surface area (Å²) in [6.07, 6.45) is 4.33. The number of amides is 1. The summed E-state index contributed by atoms with van der Waals surface area (Å²) in [7, 11) is 1.30. The molecule has 3 saturated carbocycles. The second-order valence-electron chi connectivity index (χ2n) is 6.85. The van der Waals surface area contributed by atoms with Gasteiger partial charge in [-0.25, -0.2) is 4.79 Å². The van der Waals surface area contributed by atoms with Crippen molar-refractivity contribution in [2.75, 3.05) is 12.4 Å². The van der Waals surface area contributed by atoms with E-state index >= 15 is 0 Å². The van der Waals surface area contributed by atoms with Crippen LogP contribution in [0.2, 0.25) is 0 Å². The number of esters is 1. The maximum Gasteiger partial charge on any atom is 0.340 e. The van der Waals surface area contributed by atoms with Crippen molar-refractivity contribution in [2.45, 2.75) is 39.0 Å². The lowest BCUT2D eigenvalue weighted by Gasteiger charge is -2.45. The number of hydrogen-bond acceptors (Lipinski definition) is 5. The lowest BCUT2D eigenvalue weighted by atomic mass is 9.58. The summed E-state index contributed by atoms with van der Waals surface area (Å²) in [5.41, 5.74) is 0.338. The summed E-state index contributed by atoms with van der Waals surface area (Å²) in [5, 5.41) is 12.9. The number of aryl methyl sites for hydroxylation is 1. The van der Waals surface area contributed by atoms with Crippen LogP contribution in [-0.4, -0.2) is 30.1 Å². The van der Waals surface area contributed by atoms with Gasteiger partial charge >= 0.3 is 11.9 Å². The van der Waals surface area contributed by atoms with Crippen LogP contribution in [0.5, 0.6) is 0 Å². The number of anilines is 1. The van der Waals surface area contributed by atoms with Gasteiger partial charge in [0.05, 0.1) is 24.5 Å². The zero-order chi connectivity index (χ0) is 18.1. The van der Waals surface area contributed by atoms with Gasteiger partial charge in [0.2, 0.25) is 5.91 Å². The Hall–Kier alpha value is -1.89. The van der Waals surface area contributed by atoms with Crippen LogP contribution in [0.3, 0.4) is 0 Å². The number of carboxylic acid groups (broad SMARTS) is 1. The minimum absolute atomic E-state index is 0.0767. The normalized spacial score (nSPS) is 27.8. The molecule has 0 saturated heterocycles. The molecule has 1 amide bonds. The van der Waals surface area contributed by atoms with Crippen LogP contribution in [0, 0.1) is 23.7 Å². The molecule has 2 N–H and O–H groups in total. The van der Waals surface area contributed by atoms with Crippen LogP contribution >= 0.6 is 11.3 Å². The number of thiophene rings is 1. The van der Waals surface area contributed by atoms with Crippen molar-refractivity contribution in [2.24, 2.45) is 23.7 Å². The first kappa shape index (κ1) is 17.9. The fourth-order valence-electron chi connectivity index (χ4n) is 4.35. The van der Waals surface area contributed by atoms with E-state index in [1.807, 2.05) is 6.92 Å². The van der Waals surface area contributed by atoms with Crippen molar-refractivity contribution < 1.29 is 24.2 Å². The number of carboxylic acids is 1. The van der Waals surface area contributed by atoms with Crippen LogP contribution in [0.4, 0.5) is 5.00 Å². The van der Waals surface area contributed by atoms with E-state index in [1.165, 1.54) is 18.4 Å². The molecule has 3 aliphatic carbocycles. The third-order valence-electron chi connectivity index (χ3n) is 5.58. The molecule has 2 atom stereocenters. The number of fused-ring (bicyclic) bond motifs is 3. The highest BCUT2D eigenvalue weighted by Crippen LogP contribution is 2.49. The Morgan fingerprint density at radius 3 is 2.32 bits per heavy atom. The van der Waals surface area contributed by atoms with Crippen molar-refractivity contribution in [3.8, 4) is 0 Å². The summed E-state index contributed by atoms with van der Waals surface area (Å²) in [4.78, 5) is 37.6. The molecule has 1 aromatic heterocycles. The number of rotatable bonds is 5. The SMILES string of the molecule is CCc1cc(C(=O)OC)c(NC(=O)[C@H]2C3CCC(CC3)[C@H]2C(=O)O)s1. The predicted octanol–water partition coefficient (Wildman–Crippen LogP) is 3.17. The highest BCUT2D eigenvalue weighted by Gasteiger charge is 2.50. The number of carbonyl (C=O) groups excluding carboxylic acids is 2. The van der Waals surface area contributed by atoms with Crippen LogP contribution in [0.25, 0.3) is 0 Å². The highest BCUT2D eigenvalue weighted by molar-refractivity contribution is 7.16. The van der Waals surface area contributed by atoms with Gasteiger partial charge < -0.3 is 15.2 Å². The molecule has 0 aromatic carbocycles. The van der Waals surface area contributed by atoms with E-state index in [4.69, 9.17) is 4.74 Å². The molecule has 1 aromatic rings. The second-order valence-corrected chi connectivity index (χ2v) is 7.99. The molecule has 1 heterocycles. The highest BCUT2D eigenvalue weighted by atomic mass is 32.1. The summed E-state index contributed by atoms with van der Waals surface area (Å²) < 4.78 is 4.79. The molecule has 0 aliphatic heterocycles. The molecule has 6 nitrogen and oxygen atoms in total. The monoisotopic (exact) mass is 365 g/mol. The van der Waals surface area contributed by atoms with Gasteiger partial charge in [0, 0.05) is 4.88 Å².